The van der Waals surface area contributed by atoms with Gasteiger partial charge < -0.3 is 15.0 Å². The van der Waals surface area contributed by atoms with E-state index >= 15 is 0 Å². The fraction of sp³-hybridized carbons (Fsp3) is 0.941. The first-order valence-corrected chi connectivity index (χ1v) is 8.61. The molecule has 5 unspecified atom stereocenters. The molecule has 2 heterocycles. The van der Waals surface area contributed by atoms with Gasteiger partial charge in [-0.3, -0.25) is 4.79 Å². The number of nitrogens with zero attached hydrogens (tertiary/aromatic N) is 1. The van der Waals surface area contributed by atoms with Gasteiger partial charge in [-0.1, -0.05) is 13.3 Å². The summed E-state index contributed by atoms with van der Waals surface area (Å²) < 4.78 is 5.86. The van der Waals surface area contributed by atoms with Gasteiger partial charge in [-0.15, -0.1) is 0 Å². The van der Waals surface area contributed by atoms with E-state index in [1.807, 2.05) is 6.92 Å². The third-order valence-corrected chi connectivity index (χ3v) is 5.26. The Morgan fingerprint density at radius 1 is 1.24 bits per heavy atom. The summed E-state index contributed by atoms with van der Waals surface area (Å²) in [4.78, 5) is 15.1. The van der Waals surface area contributed by atoms with Crippen LogP contribution in [-0.2, 0) is 9.53 Å². The van der Waals surface area contributed by atoms with Crippen molar-refractivity contribution in [3.05, 3.63) is 0 Å². The molecule has 4 heteroatoms. The fourth-order valence-electron chi connectivity index (χ4n) is 3.76. The molecule has 0 radical (unpaired) electrons. The molecule has 0 spiro atoms. The van der Waals surface area contributed by atoms with Crippen LogP contribution in [0.2, 0.25) is 0 Å². The Labute approximate surface area is 129 Å². The lowest BCUT2D eigenvalue weighted by Gasteiger charge is -2.36. The summed E-state index contributed by atoms with van der Waals surface area (Å²) in [6, 6.07) is 0.701. The van der Waals surface area contributed by atoms with Crippen molar-refractivity contribution >= 4 is 5.91 Å². The largest absolute Gasteiger partial charge is 0.374 e. The van der Waals surface area contributed by atoms with Gasteiger partial charge in [-0.05, 0) is 53.0 Å². The highest BCUT2D eigenvalue weighted by atomic mass is 16.5. The maximum Gasteiger partial charge on any atom is 0.228 e. The van der Waals surface area contributed by atoms with Crippen LogP contribution in [0.1, 0.15) is 53.9 Å². The van der Waals surface area contributed by atoms with Crippen molar-refractivity contribution in [3.8, 4) is 0 Å². The third-order valence-electron chi connectivity index (χ3n) is 5.26. The number of ether oxygens (including phenoxy) is 1. The molecule has 0 aliphatic carbocycles. The third kappa shape index (κ3) is 3.78. The lowest BCUT2D eigenvalue weighted by atomic mass is 9.87. The molecule has 0 aromatic rings. The Hall–Kier alpha value is -0.610. The van der Waals surface area contributed by atoms with E-state index in [1.54, 1.807) is 0 Å². The van der Waals surface area contributed by atoms with Crippen molar-refractivity contribution in [3.63, 3.8) is 0 Å². The van der Waals surface area contributed by atoms with E-state index in [9.17, 15) is 4.79 Å². The van der Waals surface area contributed by atoms with Crippen molar-refractivity contribution in [1.82, 2.24) is 10.2 Å². The molecule has 1 N–H and O–H groups in total. The Morgan fingerprint density at radius 3 is 2.43 bits per heavy atom. The van der Waals surface area contributed by atoms with Crippen LogP contribution >= 0.6 is 0 Å². The monoisotopic (exact) mass is 296 g/mol. The van der Waals surface area contributed by atoms with E-state index in [0.29, 0.717) is 12.0 Å². The Bertz CT molecular complexity index is 353. The molecule has 1 amide bonds. The van der Waals surface area contributed by atoms with Gasteiger partial charge in [0.25, 0.3) is 0 Å². The number of hydrogen-bond donors (Lipinski definition) is 1. The number of amides is 1. The average molecular weight is 296 g/mol. The number of piperidine rings is 1. The number of rotatable bonds is 4. The van der Waals surface area contributed by atoms with Crippen LogP contribution < -0.4 is 5.32 Å². The molecule has 122 valence electrons. The number of nitrogens with one attached hydrogen (secondary N) is 1. The zero-order valence-corrected chi connectivity index (χ0v) is 14.3. The minimum Gasteiger partial charge on any atom is -0.374 e. The summed E-state index contributed by atoms with van der Waals surface area (Å²) in [6.45, 7) is 12.4. The minimum absolute atomic E-state index is 0.00555. The first kappa shape index (κ1) is 16.8. The van der Waals surface area contributed by atoms with E-state index < -0.39 is 0 Å². The van der Waals surface area contributed by atoms with E-state index in [-0.39, 0.29) is 30.1 Å². The van der Waals surface area contributed by atoms with Gasteiger partial charge in [-0.2, -0.15) is 0 Å². The summed E-state index contributed by atoms with van der Waals surface area (Å²) >= 11 is 0. The van der Waals surface area contributed by atoms with Crippen molar-refractivity contribution in [2.75, 3.05) is 13.1 Å². The van der Waals surface area contributed by atoms with Crippen LogP contribution in [0.25, 0.3) is 0 Å². The van der Waals surface area contributed by atoms with Crippen molar-refractivity contribution in [2.45, 2.75) is 78.2 Å². The molecule has 0 aromatic heterocycles. The topological polar surface area (TPSA) is 41.6 Å². The van der Waals surface area contributed by atoms with E-state index in [0.717, 1.165) is 13.1 Å². The second-order valence-corrected chi connectivity index (χ2v) is 7.16. The second kappa shape index (κ2) is 7.10. The van der Waals surface area contributed by atoms with Gasteiger partial charge in [-0.25, -0.2) is 0 Å². The predicted octanol–water partition coefficient (Wildman–Crippen LogP) is 2.42. The molecule has 2 rings (SSSR count). The van der Waals surface area contributed by atoms with Gasteiger partial charge in [0.15, 0.2) is 0 Å². The highest BCUT2D eigenvalue weighted by Gasteiger charge is 2.43. The number of hydrogen-bond acceptors (Lipinski definition) is 3. The van der Waals surface area contributed by atoms with Crippen LogP contribution in [0.3, 0.4) is 0 Å². The molecule has 2 aliphatic rings. The van der Waals surface area contributed by atoms with Gasteiger partial charge >= 0.3 is 0 Å². The van der Waals surface area contributed by atoms with Crippen molar-refractivity contribution < 1.29 is 9.53 Å². The predicted molar refractivity (Wildman–Crippen MR) is 85.2 cm³/mol. The van der Waals surface area contributed by atoms with Gasteiger partial charge in [0.1, 0.15) is 0 Å². The lowest BCUT2D eigenvalue weighted by molar-refractivity contribution is -0.140. The SMILES string of the molecule is CC1OC(C)C(C(=O)N(CC2CCCCN2)C(C)C)C1C. The first-order valence-electron chi connectivity index (χ1n) is 8.61. The molecule has 0 aromatic carbocycles. The molecule has 4 nitrogen and oxygen atoms in total. The molecule has 5 atom stereocenters. The van der Waals surface area contributed by atoms with Crippen LogP contribution in [0, 0.1) is 11.8 Å². The van der Waals surface area contributed by atoms with Crippen LogP contribution in [0.4, 0.5) is 0 Å². The Morgan fingerprint density at radius 2 is 1.95 bits per heavy atom. The summed E-state index contributed by atoms with van der Waals surface area (Å²) in [7, 11) is 0. The van der Waals surface area contributed by atoms with Crippen LogP contribution in [0.5, 0.6) is 0 Å². The zero-order valence-electron chi connectivity index (χ0n) is 14.3. The van der Waals surface area contributed by atoms with E-state index in [2.05, 4.69) is 37.9 Å². The summed E-state index contributed by atoms with van der Waals surface area (Å²) in [5.74, 6) is 0.584. The van der Waals surface area contributed by atoms with E-state index in [4.69, 9.17) is 4.74 Å². The van der Waals surface area contributed by atoms with Crippen LogP contribution in [0.15, 0.2) is 0 Å². The molecule has 0 saturated carbocycles. The first-order chi connectivity index (χ1) is 9.91. The summed E-state index contributed by atoms with van der Waals surface area (Å²) in [5.41, 5.74) is 0. The summed E-state index contributed by atoms with van der Waals surface area (Å²) in [5, 5.41) is 3.56. The molecule has 21 heavy (non-hydrogen) atoms. The minimum atomic E-state index is 0.00555. The number of carbonyl (C=O) groups is 1. The standard InChI is InChI=1S/C17H32N2O2/c1-11(2)19(10-15-8-6-7-9-18-15)17(20)16-12(3)13(4)21-14(16)5/h11-16,18H,6-10H2,1-5H3. The molecule has 2 saturated heterocycles. The summed E-state index contributed by atoms with van der Waals surface area (Å²) in [6.07, 6.45) is 3.92. The van der Waals surface area contributed by atoms with Crippen molar-refractivity contribution in [2.24, 2.45) is 11.8 Å². The van der Waals surface area contributed by atoms with Gasteiger partial charge in [0.05, 0.1) is 18.1 Å². The fourth-order valence-corrected chi connectivity index (χ4v) is 3.76. The lowest BCUT2D eigenvalue weighted by Crippen LogP contribution is -2.51. The van der Waals surface area contributed by atoms with Crippen LogP contribution in [-0.4, -0.2) is 48.2 Å². The maximum atomic E-state index is 13.0. The normalized spacial score (nSPS) is 37.0. The zero-order chi connectivity index (χ0) is 15.6. The molecule has 2 fully saturated rings. The second-order valence-electron chi connectivity index (χ2n) is 7.16. The van der Waals surface area contributed by atoms with E-state index in [1.165, 1.54) is 19.3 Å². The average Bonchev–Trinajstić information content (AvgIpc) is 2.70. The molecule has 2 aliphatic heterocycles. The molecular weight excluding hydrogens is 264 g/mol. The molecular formula is C17H32N2O2. The Balaban J connectivity index is 2.04. The number of carbonyl (C=O) groups excluding carboxylic acids is 1. The van der Waals surface area contributed by atoms with Crippen molar-refractivity contribution in [1.29, 1.82) is 0 Å². The Kier molecular flexibility index (Phi) is 5.67. The smallest absolute Gasteiger partial charge is 0.228 e. The maximum absolute atomic E-state index is 13.0. The van der Waals surface area contributed by atoms with Gasteiger partial charge in [0, 0.05) is 18.6 Å². The quantitative estimate of drug-likeness (QED) is 0.866. The highest BCUT2D eigenvalue weighted by molar-refractivity contribution is 5.80. The highest BCUT2D eigenvalue weighted by Crippen LogP contribution is 2.34. The van der Waals surface area contributed by atoms with Gasteiger partial charge in [0.2, 0.25) is 5.91 Å². The molecule has 0 bridgehead atoms.